The minimum absolute atomic E-state index is 0.0456. The van der Waals surface area contributed by atoms with Crippen molar-refractivity contribution in [3.05, 3.63) is 36.2 Å². The first-order valence-electron chi connectivity index (χ1n) is 6.32. The maximum atomic E-state index is 12.0. The Morgan fingerprint density at radius 1 is 1.42 bits per heavy atom. The molecule has 4 nitrogen and oxygen atoms in total. The van der Waals surface area contributed by atoms with Crippen LogP contribution in [0.5, 0.6) is 0 Å². The zero-order valence-electron chi connectivity index (χ0n) is 10.8. The molecule has 0 saturated carbocycles. The number of nitrogens with zero attached hydrogens (tertiary/aromatic N) is 3. The number of hydrogen-bond acceptors (Lipinski definition) is 3. The van der Waals surface area contributed by atoms with Crippen molar-refractivity contribution in [1.29, 1.82) is 0 Å². The van der Waals surface area contributed by atoms with Crippen molar-refractivity contribution in [3.8, 4) is 12.3 Å². The van der Waals surface area contributed by atoms with Crippen molar-refractivity contribution in [2.75, 3.05) is 32.7 Å². The molecule has 2 heterocycles. The number of amides is 1. The van der Waals surface area contributed by atoms with Crippen molar-refractivity contribution in [1.82, 2.24) is 14.8 Å². The molecule has 0 unspecified atom stereocenters. The van der Waals surface area contributed by atoms with Gasteiger partial charge in [0, 0.05) is 44.6 Å². The van der Waals surface area contributed by atoms with E-state index >= 15 is 0 Å². The molecule has 19 heavy (non-hydrogen) atoms. The average molecular weight is 255 g/mol. The molecule has 0 atom stereocenters. The van der Waals surface area contributed by atoms with Crippen LogP contribution in [0.1, 0.15) is 5.56 Å². The van der Waals surface area contributed by atoms with Crippen LogP contribution in [0.4, 0.5) is 0 Å². The van der Waals surface area contributed by atoms with E-state index in [1.54, 1.807) is 24.5 Å². The molecule has 1 fully saturated rings. The van der Waals surface area contributed by atoms with Crippen LogP contribution >= 0.6 is 0 Å². The lowest BCUT2D eigenvalue weighted by molar-refractivity contribution is -0.127. The number of pyridine rings is 1. The third-order valence-corrected chi connectivity index (χ3v) is 3.10. The molecular formula is C15H17N3O. The van der Waals surface area contributed by atoms with E-state index in [2.05, 4.69) is 15.8 Å². The van der Waals surface area contributed by atoms with Gasteiger partial charge in [-0.15, -0.1) is 6.42 Å². The Kier molecular flexibility index (Phi) is 4.71. The number of carbonyl (C=O) groups is 1. The molecule has 1 amide bonds. The van der Waals surface area contributed by atoms with E-state index in [0.29, 0.717) is 6.54 Å². The molecule has 0 N–H and O–H groups in total. The highest BCUT2D eigenvalue weighted by Gasteiger charge is 2.18. The lowest BCUT2D eigenvalue weighted by Gasteiger charge is -2.33. The standard InChI is InChI=1S/C15H17N3O/c1-2-8-17-9-11-18(12-10-17)15(19)6-5-14-4-3-7-16-13-14/h1,3-7,13H,8-12H2/b6-5-. The molecule has 1 aromatic rings. The van der Waals surface area contributed by atoms with Gasteiger partial charge in [0.25, 0.3) is 0 Å². The first-order chi connectivity index (χ1) is 9.29. The molecule has 0 bridgehead atoms. The van der Waals surface area contributed by atoms with E-state index in [4.69, 9.17) is 6.42 Å². The number of terminal acetylenes is 1. The highest BCUT2D eigenvalue weighted by molar-refractivity contribution is 5.91. The summed E-state index contributed by atoms with van der Waals surface area (Å²) < 4.78 is 0. The summed E-state index contributed by atoms with van der Waals surface area (Å²) in [6, 6.07) is 3.77. The van der Waals surface area contributed by atoms with E-state index in [1.807, 2.05) is 17.0 Å². The zero-order valence-corrected chi connectivity index (χ0v) is 10.8. The molecule has 2 rings (SSSR count). The number of rotatable bonds is 3. The minimum atomic E-state index is 0.0456. The molecule has 98 valence electrons. The van der Waals surface area contributed by atoms with Gasteiger partial charge in [-0.05, 0) is 17.7 Å². The summed E-state index contributed by atoms with van der Waals surface area (Å²) >= 11 is 0. The first-order valence-corrected chi connectivity index (χ1v) is 6.32. The van der Waals surface area contributed by atoms with E-state index < -0.39 is 0 Å². The molecule has 4 heteroatoms. The van der Waals surface area contributed by atoms with Crippen LogP contribution in [0.25, 0.3) is 6.08 Å². The van der Waals surface area contributed by atoms with Crippen LogP contribution in [-0.4, -0.2) is 53.4 Å². The highest BCUT2D eigenvalue weighted by Crippen LogP contribution is 2.04. The second-order valence-corrected chi connectivity index (χ2v) is 4.43. The Bertz CT molecular complexity index is 482. The van der Waals surface area contributed by atoms with Gasteiger partial charge >= 0.3 is 0 Å². The average Bonchev–Trinajstić information content (AvgIpc) is 2.47. The molecular weight excluding hydrogens is 238 g/mol. The SMILES string of the molecule is C#CCN1CCN(C(=O)/C=C\c2cccnc2)CC1. The number of hydrogen-bond donors (Lipinski definition) is 0. The lowest BCUT2D eigenvalue weighted by Crippen LogP contribution is -2.48. The van der Waals surface area contributed by atoms with Crippen molar-refractivity contribution < 1.29 is 4.79 Å². The maximum Gasteiger partial charge on any atom is 0.246 e. The Labute approximate surface area is 113 Å². The Hall–Kier alpha value is -2.12. The fraction of sp³-hybridized carbons (Fsp3) is 0.333. The third-order valence-electron chi connectivity index (χ3n) is 3.10. The van der Waals surface area contributed by atoms with Crippen molar-refractivity contribution in [2.24, 2.45) is 0 Å². The second-order valence-electron chi connectivity index (χ2n) is 4.43. The van der Waals surface area contributed by atoms with Gasteiger partial charge in [0.15, 0.2) is 0 Å². The summed E-state index contributed by atoms with van der Waals surface area (Å²) in [5, 5.41) is 0. The van der Waals surface area contributed by atoms with Gasteiger partial charge < -0.3 is 4.90 Å². The lowest BCUT2D eigenvalue weighted by atomic mass is 10.2. The Morgan fingerprint density at radius 2 is 2.21 bits per heavy atom. The number of carbonyl (C=O) groups excluding carboxylic acids is 1. The molecule has 1 aliphatic rings. The summed E-state index contributed by atoms with van der Waals surface area (Å²) in [6.45, 7) is 3.82. The van der Waals surface area contributed by atoms with Gasteiger partial charge in [-0.25, -0.2) is 0 Å². The van der Waals surface area contributed by atoms with Gasteiger partial charge in [0.05, 0.1) is 6.54 Å². The summed E-state index contributed by atoms with van der Waals surface area (Å²) in [5.41, 5.74) is 0.932. The molecule has 1 aliphatic heterocycles. The van der Waals surface area contributed by atoms with Crippen LogP contribution in [0.3, 0.4) is 0 Å². The topological polar surface area (TPSA) is 36.4 Å². The first kappa shape index (κ1) is 13.3. The third kappa shape index (κ3) is 3.94. The normalized spacial score (nSPS) is 16.5. The van der Waals surface area contributed by atoms with Crippen molar-refractivity contribution in [3.63, 3.8) is 0 Å². The minimum Gasteiger partial charge on any atom is -0.337 e. The zero-order chi connectivity index (χ0) is 13.5. The van der Waals surface area contributed by atoms with Gasteiger partial charge in [0.1, 0.15) is 0 Å². The predicted octanol–water partition coefficient (Wildman–Crippen LogP) is 0.872. The summed E-state index contributed by atoms with van der Waals surface area (Å²) in [6.07, 6.45) is 12.1. The second kappa shape index (κ2) is 6.72. The summed E-state index contributed by atoms with van der Waals surface area (Å²) in [5.74, 6) is 2.68. The summed E-state index contributed by atoms with van der Waals surface area (Å²) in [4.78, 5) is 20.0. The number of aromatic nitrogens is 1. The monoisotopic (exact) mass is 255 g/mol. The molecule has 0 aromatic carbocycles. The molecule has 0 spiro atoms. The fourth-order valence-electron chi connectivity index (χ4n) is 2.00. The molecule has 1 aromatic heterocycles. The van der Waals surface area contributed by atoms with Gasteiger partial charge in [-0.1, -0.05) is 12.0 Å². The van der Waals surface area contributed by atoms with Crippen molar-refractivity contribution >= 4 is 12.0 Å². The van der Waals surface area contributed by atoms with Crippen LogP contribution < -0.4 is 0 Å². The highest BCUT2D eigenvalue weighted by atomic mass is 16.2. The largest absolute Gasteiger partial charge is 0.337 e. The maximum absolute atomic E-state index is 12.0. The van der Waals surface area contributed by atoms with Crippen LogP contribution in [0.15, 0.2) is 30.6 Å². The van der Waals surface area contributed by atoms with Crippen LogP contribution in [0.2, 0.25) is 0 Å². The van der Waals surface area contributed by atoms with Crippen LogP contribution in [0, 0.1) is 12.3 Å². The smallest absolute Gasteiger partial charge is 0.246 e. The quantitative estimate of drug-likeness (QED) is 0.594. The van der Waals surface area contributed by atoms with E-state index in [-0.39, 0.29) is 5.91 Å². The molecule has 0 aliphatic carbocycles. The van der Waals surface area contributed by atoms with E-state index in [9.17, 15) is 4.79 Å². The fourth-order valence-corrected chi connectivity index (χ4v) is 2.00. The van der Waals surface area contributed by atoms with Gasteiger partial charge in [-0.3, -0.25) is 14.7 Å². The molecule has 0 radical (unpaired) electrons. The van der Waals surface area contributed by atoms with Gasteiger partial charge in [-0.2, -0.15) is 0 Å². The predicted molar refractivity (Wildman–Crippen MR) is 75.1 cm³/mol. The van der Waals surface area contributed by atoms with E-state index in [1.165, 1.54) is 0 Å². The Morgan fingerprint density at radius 3 is 2.84 bits per heavy atom. The van der Waals surface area contributed by atoms with Crippen LogP contribution in [-0.2, 0) is 4.79 Å². The Balaban J connectivity index is 1.85. The molecule has 1 saturated heterocycles. The van der Waals surface area contributed by atoms with Gasteiger partial charge in [0.2, 0.25) is 5.91 Å². The number of piperazine rings is 1. The summed E-state index contributed by atoms with van der Waals surface area (Å²) in [7, 11) is 0. The van der Waals surface area contributed by atoms with Crippen molar-refractivity contribution in [2.45, 2.75) is 0 Å². The van der Waals surface area contributed by atoms with E-state index in [0.717, 1.165) is 31.7 Å².